The molecule has 2 aromatic rings. The van der Waals surface area contributed by atoms with Crippen molar-refractivity contribution in [1.29, 1.82) is 0 Å². The van der Waals surface area contributed by atoms with Crippen LogP contribution in [0.2, 0.25) is 5.02 Å². The second-order valence-corrected chi connectivity index (χ2v) is 3.77. The molecule has 2 aromatic heterocycles. The van der Waals surface area contributed by atoms with Crippen LogP contribution in [0.3, 0.4) is 0 Å². The molecule has 1 N–H and O–H groups in total. The molecule has 0 aliphatic carbocycles. The molecule has 0 aliphatic heterocycles. The molecule has 0 spiro atoms. The van der Waals surface area contributed by atoms with E-state index in [1.165, 1.54) is 0 Å². The van der Waals surface area contributed by atoms with Gasteiger partial charge < -0.3 is 4.98 Å². The first kappa shape index (κ1) is 7.36. The molecule has 0 aliphatic rings. The van der Waals surface area contributed by atoms with Gasteiger partial charge in [-0.25, -0.2) is 0 Å². The lowest BCUT2D eigenvalue weighted by Gasteiger charge is -1.89. The predicted molar refractivity (Wildman–Crippen MR) is 53.8 cm³/mol. The zero-order chi connectivity index (χ0) is 7.84. The second-order valence-electron chi connectivity index (χ2n) is 2.20. The van der Waals surface area contributed by atoms with E-state index in [9.17, 15) is 0 Å². The van der Waals surface area contributed by atoms with Gasteiger partial charge in [0.25, 0.3) is 0 Å². The summed E-state index contributed by atoms with van der Waals surface area (Å²) in [5, 5.41) is 1.73. The molecule has 2 nitrogen and oxygen atoms in total. The Morgan fingerprint density at radius 1 is 1.45 bits per heavy atom. The molecule has 0 unspecified atom stereocenters. The number of aromatic amines is 1. The van der Waals surface area contributed by atoms with E-state index in [-0.39, 0.29) is 0 Å². The van der Waals surface area contributed by atoms with Gasteiger partial charge in [-0.05, 0) is 28.7 Å². The molecule has 0 amide bonds. The van der Waals surface area contributed by atoms with Crippen molar-refractivity contribution in [3.63, 3.8) is 0 Å². The van der Waals surface area contributed by atoms with E-state index in [0.29, 0.717) is 5.02 Å². The fourth-order valence-electron chi connectivity index (χ4n) is 0.983. The number of nitrogens with zero attached hydrogens (tertiary/aromatic N) is 1. The summed E-state index contributed by atoms with van der Waals surface area (Å²) in [6.45, 7) is 0. The van der Waals surface area contributed by atoms with E-state index >= 15 is 0 Å². The summed E-state index contributed by atoms with van der Waals surface area (Å²) in [6, 6.07) is 2.01. The third-order valence-electron chi connectivity index (χ3n) is 1.46. The highest BCUT2D eigenvalue weighted by atomic mass is 127. The first-order valence-electron chi connectivity index (χ1n) is 3.05. The van der Waals surface area contributed by atoms with Gasteiger partial charge in [-0.15, -0.1) is 0 Å². The summed E-state index contributed by atoms with van der Waals surface area (Å²) < 4.78 is 1.08. The van der Waals surface area contributed by atoms with Crippen LogP contribution in [0, 0.1) is 3.70 Å². The molecule has 0 atom stereocenters. The molecular formula is C7H4ClIN2. The van der Waals surface area contributed by atoms with Crippen molar-refractivity contribution < 1.29 is 0 Å². The molecule has 0 saturated heterocycles. The summed E-state index contributed by atoms with van der Waals surface area (Å²) in [5.74, 6) is 0. The smallest absolute Gasteiger partial charge is 0.0830 e. The normalized spacial score (nSPS) is 10.7. The standard InChI is InChI=1S/C7H4ClIN2/c8-5-3-10-2-4-1-6(9)11-7(4)5/h1-3,11H. The topological polar surface area (TPSA) is 28.7 Å². The maximum atomic E-state index is 5.87. The SMILES string of the molecule is Clc1cncc2cc(I)[nH]c12. The van der Waals surface area contributed by atoms with Gasteiger partial charge >= 0.3 is 0 Å². The molecule has 2 rings (SSSR count). The Balaban J connectivity index is 2.90. The van der Waals surface area contributed by atoms with Gasteiger partial charge in [-0.3, -0.25) is 4.98 Å². The zero-order valence-electron chi connectivity index (χ0n) is 5.44. The van der Waals surface area contributed by atoms with Crippen molar-refractivity contribution in [3.8, 4) is 0 Å². The van der Waals surface area contributed by atoms with Gasteiger partial charge in [0, 0.05) is 17.8 Å². The zero-order valence-corrected chi connectivity index (χ0v) is 8.35. The molecule has 11 heavy (non-hydrogen) atoms. The molecule has 2 heterocycles. The van der Waals surface area contributed by atoms with Crippen molar-refractivity contribution in [2.75, 3.05) is 0 Å². The highest BCUT2D eigenvalue weighted by Crippen LogP contribution is 2.22. The minimum atomic E-state index is 0.672. The quantitative estimate of drug-likeness (QED) is 0.738. The number of H-pyrrole nitrogens is 1. The first-order valence-corrected chi connectivity index (χ1v) is 4.51. The molecular weight excluding hydrogens is 274 g/mol. The first-order chi connectivity index (χ1) is 5.27. The van der Waals surface area contributed by atoms with Gasteiger partial charge in [0.1, 0.15) is 0 Å². The summed E-state index contributed by atoms with van der Waals surface area (Å²) in [4.78, 5) is 7.11. The van der Waals surface area contributed by atoms with Crippen molar-refractivity contribution in [3.05, 3.63) is 27.2 Å². The lowest BCUT2D eigenvalue weighted by Crippen LogP contribution is -1.73. The van der Waals surface area contributed by atoms with Crippen LogP contribution in [-0.4, -0.2) is 9.97 Å². The van der Waals surface area contributed by atoms with Gasteiger partial charge in [-0.1, -0.05) is 11.6 Å². The Kier molecular flexibility index (Phi) is 1.77. The number of hydrogen-bond acceptors (Lipinski definition) is 1. The number of nitrogens with one attached hydrogen (secondary N) is 1. The Labute approximate surface area is 82.1 Å². The van der Waals surface area contributed by atoms with E-state index in [1.807, 2.05) is 6.07 Å². The van der Waals surface area contributed by atoms with Crippen LogP contribution in [0.4, 0.5) is 0 Å². The number of pyridine rings is 1. The molecule has 56 valence electrons. The minimum absolute atomic E-state index is 0.672. The van der Waals surface area contributed by atoms with E-state index in [4.69, 9.17) is 11.6 Å². The fourth-order valence-corrected chi connectivity index (χ4v) is 1.80. The minimum Gasteiger partial charge on any atom is -0.349 e. The summed E-state index contributed by atoms with van der Waals surface area (Å²) in [6.07, 6.45) is 3.43. The number of fused-ring (bicyclic) bond motifs is 1. The van der Waals surface area contributed by atoms with Crippen LogP contribution in [0.5, 0.6) is 0 Å². The third kappa shape index (κ3) is 1.22. The lowest BCUT2D eigenvalue weighted by molar-refractivity contribution is 1.35. The Morgan fingerprint density at radius 2 is 2.27 bits per heavy atom. The van der Waals surface area contributed by atoms with E-state index in [2.05, 4.69) is 32.6 Å². The van der Waals surface area contributed by atoms with Crippen LogP contribution in [0.25, 0.3) is 10.9 Å². The second kappa shape index (κ2) is 2.64. The molecule has 0 saturated carbocycles. The number of hydrogen-bond donors (Lipinski definition) is 1. The Bertz CT molecular complexity index is 396. The van der Waals surface area contributed by atoms with Gasteiger partial charge in [0.2, 0.25) is 0 Å². The molecule has 4 heteroatoms. The number of rotatable bonds is 0. The van der Waals surface area contributed by atoms with Gasteiger partial charge in [0.15, 0.2) is 0 Å². The van der Waals surface area contributed by atoms with E-state index < -0.39 is 0 Å². The average molecular weight is 278 g/mol. The summed E-state index contributed by atoms with van der Waals surface area (Å²) in [7, 11) is 0. The van der Waals surface area contributed by atoms with Crippen LogP contribution in [-0.2, 0) is 0 Å². The monoisotopic (exact) mass is 278 g/mol. The van der Waals surface area contributed by atoms with E-state index in [1.54, 1.807) is 12.4 Å². The summed E-state index contributed by atoms with van der Waals surface area (Å²) in [5.41, 5.74) is 0.964. The molecule has 0 bridgehead atoms. The highest BCUT2D eigenvalue weighted by Gasteiger charge is 2.01. The van der Waals surface area contributed by atoms with E-state index in [0.717, 1.165) is 14.6 Å². The van der Waals surface area contributed by atoms with Crippen LogP contribution >= 0.6 is 34.2 Å². The van der Waals surface area contributed by atoms with Crippen LogP contribution in [0.15, 0.2) is 18.5 Å². The fraction of sp³-hybridized carbons (Fsp3) is 0. The predicted octanol–water partition coefficient (Wildman–Crippen LogP) is 2.82. The molecule has 0 aromatic carbocycles. The van der Waals surface area contributed by atoms with Crippen LogP contribution in [0.1, 0.15) is 0 Å². The maximum Gasteiger partial charge on any atom is 0.0830 e. The Morgan fingerprint density at radius 3 is 3.00 bits per heavy atom. The number of halogens is 2. The van der Waals surface area contributed by atoms with Crippen molar-refractivity contribution in [2.24, 2.45) is 0 Å². The largest absolute Gasteiger partial charge is 0.349 e. The Hall–Kier alpha value is -0.290. The van der Waals surface area contributed by atoms with Crippen molar-refractivity contribution >= 4 is 45.1 Å². The van der Waals surface area contributed by atoms with Gasteiger partial charge in [-0.2, -0.15) is 0 Å². The maximum absolute atomic E-state index is 5.87. The van der Waals surface area contributed by atoms with Crippen molar-refractivity contribution in [1.82, 2.24) is 9.97 Å². The highest BCUT2D eigenvalue weighted by molar-refractivity contribution is 14.1. The molecule has 0 fully saturated rings. The average Bonchev–Trinajstić information content (AvgIpc) is 2.31. The third-order valence-corrected chi connectivity index (χ3v) is 2.32. The van der Waals surface area contributed by atoms with Crippen molar-refractivity contribution in [2.45, 2.75) is 0 Å². The number of aromatic nitrogens is 2. The lowest BCUT2D eigenvalue weighted by atomic mass is 10.3. The molecule has 0 radical (unpaired) electrons. The van der Waals surface area contributed by atoms with Crippen LogP contribution < -0.4 is 0 Å². The summed E-state index contributed by atoms with van der Waals surface area (Å²) >= 11 is 8.08. The van der Waals surface area contributed by atoms with Gasteiger partial charge in [0.05, 0.1) is 14.2 Å².